The Balaban J connectivity index is 1.55. The van der Waals surface area contributed by atoms with E-state index >= 15 is 0 Å². The van der Waals surface area contributed by atoms with Crippen LogP contribution in [-0.2, 0) is 11.8 Å². The highest BCUT2D eigenvalue weighted by atomic mass is 16.5. The summed E-state index contributed by atoms with van der Waals surface area (Å²) in [4.78, 5) is 24.6. The van der Waals surface area contributed by atoms with E-state index in [1.165, 1.54) is 4.68 Å². The molecule has 3 rings (SSSR count). The Kier molecular flexibility index (Phi) is 5.98. The van der Waals surface area contributed by atoms with Crippen molar-refractivity contribution in [3.8, 4) is 0 Å². The Morgan fingerprint density at radius 1 is 1.11 bits per heavy atom. The van der Waals surface area contributed by atoms with E-state index in [1.807, 2.05) is 37.3 Å². The van der Waals surface area contributed by atoms with Crippen LogP contribution in [0.15, 0.2) is 59.4 Å². The van der Waals surface area contributed by atoms with Gasteiger partial charge in [0.1, 0.15) is 0 Å². The topological polar surface area (TPSA) is 73.2 Å². The zero-order valence-corrected chi connectivity index (χ0v) is 15.5. The number of carbonyl (C=O) groups excluding carboxylic acids is 1. The molecule has 3 aromatic rings. The minimum atomic E-state index is -0.294. The molecule has 0 aliphatic carbocycles. The van der Waals surface area contributed by atoms with Gasteiger partial charge < -0.3 is 10.1 Å². The van der Waals surface area contributed by atoms with Crippen LogP contribution in [0.3, 0.4) is 0 Å². The molecule has 27 heavy (non-hydrogen) atoms. The van der Waals surface area contributed by atoms with E-state index in [0.717, 1.165) is 5.56 Å². The molecule has 1 N–H and O–H groups in total. The fraction of sp³-hybridized carbons (Fsp3) is 0.286. The lowest BCUT2D eigenvalue weighted by atomic mass is 10.1. The smallest absolute Gasteiger partial charge is 0.274 e. The highest BCUT2D eigenvalue weighted by Crippen LogP contribution is 2.16. The summed E-state index contributed by atoms with van der Waals surface area (Å²) in [6.45, 7) is 3.02. The first-order valence-corrected chi connectivity index (χ1v) is 8.98. The number of amides is 1. The van der Waals surface area contributed by atoms with Crippen molar-refractivity contribution in [1.82, 2.24) is 15.1 Å². The monoisotopic (exact) mass is 365 g/mol. The maximum Gasteiger partial charge on any atom is 0.274 e. The van der Waals surface area contributed by atoms with Crippen LogP contribution in [0.1, 0.15) is 35.5 Å². The quantitative estimate of drug-likeness (QED) is 0.654. The molecule has 2 aromatic carbocycles. The number of ether oxygens (including phenoxy) is 1. The molecule has 0 fully saturated rings. The van der Waals surface area contributed by atoms with E-state index in [2.05, 4.69) is 10.4 Å². The van der Waals surface area contributed by atoms with E-state index in [1.54, 1.807) is 31.3 Å². The fourth-order valence-electron chi connectivity index (χ4n) is 2.91. The molecule has 0 aliphatic heterocycles. The number of hydrogen-bond donors (Lipinski definition) is 1. The lowest BCUT2D eigenvalue weighted by Gasteiger charge is -2.13. The molecular weight excluding hydrogens is 342 g/mol. The number of nitrogens with zero attached hydrogens (tertiary/aromatic N) is 2. The van der Waals surface area contributed by atoms with Crippen molar-refractivity contribution in [2.45, 2.75) is 19.4 Å². The molecule has 0 saturated carbocycles. The molecule has 6 heteroatoms. The number of nitrogens with one attached hydrogen (secondary N) is 1. The van der Waals surface area contributed by atoms with Gasteiger partial charge in [-0.25, -0.2) is 4.68 Å². The second-order valence-corrected chi connectivity index (χ2v) is 6.36. The third kappa shape index (κ3) is 4.41. The third-order valence-electron chi connectivity index (χ3n) is 4.42. The average Bonchev–Trinajstić information content (AvgIpc) is 2.70. The Bertz CT molecular complexity index is 983. The number of fused-ring (bicyclic) bond motifs is 1. The Morgan fingerprint density at radius 3 is 2.52 bits per heavy atom. The molecule has 0 spiro atoms. The van der Waals surface area contributed by atoms with Crippen LogP contribution in [0.25, 0.3) is 10.8 Å². The summed E-state index contributed by atoms with van der Waals surface area (Å²) >= 11 is 0. The van der Waals surface area contributed by atoms with Gasteiger partial charge in [-0.1, -0.05) is 48.5 Å². The maximum atomic E-state index is 12.5. The van der Waals surface area contributed by atoms with Crippen LogP contribution in [0, 0.1) is 0 Å². The van der Waals surface area contributed by atoms with Gasteiger partial charge in [0.15, 0.2) is 5.69 Å². The third-order valence-corrected chi connectivity index (χ3v) is 4.42. The van der Waals surface area contributed by atoms with Crippen molar-refractivity contribution >= 4 is 16.7 Å². The van der Waals surface area contributed by atoms with Crippen LogP contribution in [-0.4, -0.2) is 28.8 Å². The van der Waals surface area contributed by atoms with Crippen molar-refractivity contribution in [3.05, 3.63) is 76.2 Å². The largest absolute Gasteiger partial charge is 0.374 e. The minimum Gasteiger partial charge on any atom is -0.374 e. The second-order valence-electron chi connectivity index (χ2n) is 6.36. The molecular formula is C21H23N3O3. The van der Waals surface area contributed by atoms with E-state index in [4.69, 9.17) is 4.74 Å². The Labute approximate surface area is 157 Å². The lowest BCUT2D eigenvalue weighted by molar-refractivity contribution is 0.0634. The molecule has 1 heterocycles. The Hall–Kier alpha value is -2.99. The molecule has 1 atom stereocenters. The molecule has 0 aliphatic rings. The Morgan fingerprint density at radius 2 is 1.78 bits per heavy atom. The van der Waals surface area contributed by atoms with Gasteiger partial charge in [0, 0.05) is 25.6 Å². The van der Waals surface area contributed by atoms with Gasteiger partial charge in [0.25, 0.3) is 11.5 Å². The van der Waals surface area contributed by atoms with Gasteiger partial charge in [-0.15, -0.1) is 0 Å². The highest BCUT2D eigenvalue weighted by Gasteiger charge is 2.15. The summed E-state index contributed by atoms with van der Waals surface area (Å²) in [5, 5.41) is 8.03. The molecule has 140 valence electrons. The fourth-order valence-corrected chi connectivity index (χ4v) is 2.91. The van der Waals surface area contributed by atoms with Crippen LogP contribution in [0.2, 0.25) is 0 Å². The maximum absolute atomic E-state index is 12.5. The van der Waals surface area contributed by atoms with Gasteiger partial charge in [0.05, 0.1) is 11.5 Å². The molecule has 0 unspecified atom stereocenters. The normalized spacial score (nSPS) is 12.1. The van der Waals surface area contributed by atoms with Crippen molar-refractivity contribution in [2.75, 3.05) is 13.2 Å². The van der Waals surface area contributed by atoms with Gasteiger partial charge in [-0.2, -0.15) is 5.10 Å². The predicted molar refractivity (Wildman–Crippen MR) is 105 cm³/mol. The zero-order valence-electron chi connectivity index (χ0n) is 15.5. The molecule has 1 aromatic heterocycles. The summed E-state index contributed by atoms with van der Waals surface area (Å²) in [7, 11) is 1.55. The highest BCUT2D eigenvalue weighted by molar-refractivity contribution is 6.04. The summed E-state index contributed by atoms with van der Waals surface area (Å²) in [6.07, 6.45) is 0.697. The number of rotatable bonds is 7. The SMILES string of the molecule is C[C@H](OCCCNC(=O)c1nn(C)c(=O)c2ccccc12)c1ccccc1. The summed E-state index contributed by atoms with van der Waals surface area (Å²) in [5.74, 6) is -0.294. The van der Waals surface area contributed by atoms with Crippen molar-refractivity contribution in [2.24, 2.45) is 7.05 Å². The summed E-state index contributed by atoms with van der Waals surface area (Å²) < 4.78 is 7.00. The van der Waals surface area contributed by atoms with E-state index in [0.29, 0.717) is 30.3 Å². The first-order valence-electron chi connectivity index (χ1n) is 8.98. The van der Waals surface area contributed by atoms with Crippen molar-refractivity contribution in [1.29, 1.82) is 0 Å². The molecule has 0 saturated heterocycles. The molecule has 6 nitrogen and oxygen atoms in total. The van der Waals surface area contributed by atoms with Gasteiger partial charge in [-0.05, 0) is 25.0 Å². The number of aryl methyl sites for hydroxylation is 1. The lowest BCUT2D eigenvalue weighted by Crippen LogP contribution is -2.30. The van der Waals surface area contributed by atoms with Crippen molar-refractivity contribution in [3.63, 3.8) is 0 Å². The van der Waals surface area contributed by atoms with Crippen LogP contribution >= 0.6 is 0 Å². The van der Waals surface area contributed by atoms with Gasteiger partial charge in [0.2, 0.25) is 0 Å². The number of aromatic nitrogens is 2. The molecule has 0 radical (unpaired) electrons. The van der Waals surface area contributed by atoms with Crippen LogP contribution < -0.4 is 10.9 Å². The standard InChI is InChI=1S/C21H23N3O3/c1-15(16-9-4-3-5-10-16)27-14-8-13-22-20(25)19-17-11-6-7-12-18(17)21(26)24(2)23-19/h3-7,9-12,15H,8,13-14H2,1-2H3,(H,22,25)/t15-/m0/s1. The van der Waals surface area contributed by atoms with E-state index < -0.39 is 0 Å². The number of hydrogen-bond acceptors (Lipinski definition) is 4. The predicted octanol–water partition coefficient (Wildman–Crippen LogP) is 2.83. The van der Waals surface area contributed by atoms with E-state index in [9.17, 15) is 9.59 Å². The summed E-state index contributed by atoms with van der Waals surface area (Å²) in [6, 6.07) is 17.0. The average molecular weight is 365 g/mol. The number of benzene rings is 2. The van der Waals surface area contributed by atoms with Gasteiger partial charge in [-0.3, -0.25) is 9.59 Å². The second kappa shape index (κ2) is 8.60. The zero-order chi connectivity index (χ0) is 19.2. The van der Waals surface area contributed by atoms with Gasteiger partial charge >= 0.3 is 0 Å². The molecule has 0 bridgehead atoms. The summed E-state index contributed by atoms with van der Waals surface area (Å²) in [5.41, 5.74) is 1.17. The first-order chi connectivity index (χ1) is 13.1. The van der Waals surface area contributed by atoms with Crippen molar-refractivity contribution < 1.29 is 9.53 Å². The minimum absolute atomic E-state index is 0.0103. The molecule has 1 amide bonds. The first kappa shape index (κ1) is 18.8. The number of carbonyl (C=O) groups is 1. The van der Waals surface area contributed by atoms with E-state index in [-0.39, 0.29) is 23.3 Å². The van der Waals surface area contributed by atoms with Crippen LogP contribution in [0.4, 0.5) is 0 Å². The van der Waals surface area contributed by atoms with Crippen LogP contribution in [0.5, 0.6) is 0 Å².